The normalized spacial score (nSPS) is 11.8. The molecule has 0 aliphatic rings. The van der Waals surface area contributed by atoms with Crippen molar-refractivity contribution >= 4 is 38.2 Å². The van der Waals surface area contributed by atoms with E-state index >= 15 is 0 Å². The first-order valence-electron chi connectivity index (χ1n) is 9.04. The Balaban J connectivity index is 2.15. The number of fused-ring (bicyclic) bond motifs is 1. The molecule has 1 heterocycles. The number of hydrogen-bond donors (Lipinski definition) is 0. The second-order valence-corrected chi connectivity index (χ2v) is 9.12. The summed E-state index contributed by atoms with van der Waals surface area (Å²) in [5.41, 5.74) is 2.13. The summed E-state index contributed by atoms with van der Waals surface area (Å²) < 4.78 is 26.5. The first kappa shape index (κ1) is 19.6. The summed E-state index contributed by atoms with van der Waals surface area (Å²) >= 11 is 5.93. The molecule has 6 heteroatoms. The number of carbonyl (C=O) groups excluding carboxylic acids is 1. The van der Waals surface area contributed by atoms with Gasteiger partial charge in [0.25, 0.3) is 5.91 Å². The van der Waals surface area contributed by atoms with Crippen molar-refractivity contribution in [3.8, 4) is 0 Å². The van der Waals surface area contributed by atoms with E-state index in [1.807, 2.05) is 19.9 Å². The van der Waals surface area contributed by atoms with Crippen LogP contribution in [0.4, 0.5) is 0 Å². The molecule has 3 aromatic rings. The predicted octanol–water partition coefficient (Wildman–Crippen LogP) is 5.12. The van der Waals surface area contributed by atoms with Crippen molar-refractivity contribution in [2.45, 2.75) is 38.0 Å². The Labute approximate surface area is 164 Å². The van der Waals surface area contributed by atoms with E-state index in [0.717, 1.165) is 23.9 Å². The molecule has 0 radical (unpaired) electrons. The Morgan fingerprint density at radius 2 is 1.70 bits per heavy atom. The maximum absolute atomic E-state index is 13.1. The molecule has 0 atom stereocenters. The molecular weight excluding hydrogens is 382 g/mol. The largest absolute Gasteiger partial charge is 0.280 e. The monoisotopic (exact) mass is 403 g/mol. The van der Waals surface area contributed by atoms with Gasteiger partial charge in [-0.1, -0.05) is 31.9 Å². The highest BCUT2D eigenvalue weighted by Gasteiger charge is 2.19. The summed E-state index contributed by atoms with van der Waals surface area (Å²) in [6.45, 7) is 3.89. The van der Waals surface area contributed by atoms with Gasteiger partial charge in [-0.3, -0.25) is 9.36 Å². The van der Waals surface area contributed by atoms with Crippen LogP contribution in [0, 0.1) is 0 Å². The summed E-state index contributed by atoms with van der Waals surface area (Å²) in [4.78, 5) is 13.4. The number of rotatable bonds is 6. The van der Waals surface area contributed by atoms with Crippen molar-refractivity contribution in [3.63, 3.8) is 0 Å². The molecule has 0 amide bonds. The zero-order valence-electron chi connectivity index (χ0n) is 15.4. The molecule has 0 saturated carbocycles. The lowest BCUT2D eigenvalue weighted by atomic mass is 10.2. The van der Waals surface area contributed by atoms with Crippen LogP contribution in [-0.2, 0) is 16.3 Å². The topological polar surface area (TPSA) is 56.1 Å². The van der Waals surface area contributed by atoms with E-state index < -0.39 is 9.84 Å². The van der Waals surface area contributed by atoms with Gasteiger partial charge in [-0.05, 0) is 61.4 Å². The molecule has 0 aliphatic carbocycles. The lowest BCUT2D eigenvalue weighted by molar-refractivity contribution is 0.0962. The van der Waals surface area contributed by atoms with E-state index in [1.54, 1.807) is 47.0 Å². The van der Waals surface area contributed by atoms with Crippen LogP contribution in [0.1, 0.15) is 42.7 Å². The molecular formula is C21H22ClNO3S. The fourth-order valence-electron chi connectivity index (χ4n) is 3.23. The molecule has 2 aromatic carbocycles. The van der Waals surface area contributed by atoms with Gasteiger partial charge in [-0.15, -0.1) is 0 Å². The third-order valence-corrected chi connectivity index (χ3v) is 6.65. The Kier molecular flexibility index (Phi) is 5.72. The van der Waals surface area contributed by atoms with Gasteiger partial charge in [0.05, 0.1) is 16.2 Å². The van der Waals surface area contributed by atoms with E-state index in [0.29, 0.717) is 27.4 Å². The Bertz CT molecular complexity index is 1080. The third-order valence-electron chi connectivity index (χ3n) is 4.48. The first-order chi connectivity index (χ1) is 12.9. The van der Waals surface area contributed by atoms with Gasteiger partial charge in [-0.2, -0.15) is 0 Å². The maximum Gasteiger partial charge on any atom is 0.262 e. The van der Waals surface area contributed by atoms with Crippen LogP contribution in [0.5, 0.6) is 0 Å². The van der Waals surface area contributed by atoms with Crippen LogP contribution in [0.2, 0.25) is 5.02 Å². The van der Waals surface area contributed by atoms with Gasteiger partial charge in [-0.25, -0.2) is 8.42 Å². The average Bonchev–Trinajstić information content (AvgIpc) is 2.99. The fourth-order valence-corrected chi connectivity index (χ4v) is 4.71. The summed E-state index contributed by atoms with van der Waals surface area (Å²) in [5.74, 6) is -0.0284. The van der Waals surface area contributed by atoms with E-state index in [9.17, 15) is 13.2 Å². The molecule has 3 rings (SSSR count). The summed E-state index contributed by atoms with van der Waals surface area (Å²) in [6.07, 6.45) is 2.17. The zero-order chi connectivity index (χ0) is 19.6. The van der Waals surface area contributed by atoms with E-state index in [1.165, 1.54) is 0 Å². The third kappa shape index (κ3) is 3.94. The standard InChI is InChI=1S/C21H22ClNO3S/c1-3-5-18-13-16-14-19(27(25,26)12-4-2)10-11-20(16)23(18)21(24)15-6-8-17(22)9-7-15/h6-11,13-14H,3-5,12H2,1-2H3. The van der Waals surface area contributed by atoms with Gasteiger partial charge >= 0.3 is 0 Å². The quantitative estimate of drug-likeness (QED) is 0.574. The number of benzene rings is 2. The van der Waals surface area contributed by atoms with Crippen molar-refractivity contribution in [2.75, 3.05) is 5.75 Å². The minimum Gasteiger partial charge on any atom is -0.280 e. The molecule has 142 valence electrons. The minimum atomic E-state index is -3.30. The van der Waals surface area contributed by atoms with Crippen LogP contribution < -0.4 is 0 Å². The molecule has 0 bridgehead atoms. The second-order valence-electron chi connectivity index (χ2n) is 6.57. The Morgan fingerprint density at radius 1 is 1.00 bits per heavy atom. The van der Waals surface area contributed by atoms with E-state index in [-0.39, 0.29) is 11.7 Å². The Hall–Kier alpha value is -2.11. The fraction of sp³-hybridized carbons (Fsp3) is 0.286. The van der Waals surface area contributed by atoms with Crippen molar-refractivity contribution < 1.29 is 13.2 Å². The van der Waals surface area contributed by atoms with Crippen molar-refractivity contribution in [3.05, 3.63) is 64.8 Å². The lowest BCUT2D eigenvalue weighted by Gasteiger charge is -2.10. The lowest BCUT2D eigenvalue weighted by Crippen LogP contribution is -2.14. The summed E-state index contributed by atoms with van der Waals surface area (Å²) in [5, 5.41) is 1.33. The highest BCUT2D eigenvalue weighted by molar-refractivity contribution is 7.91. The average molecular weight is 404 g/mol. The SMILES string of the molecule is CCCc1cc2cc(S(=O)(=O)CCC)ccc2n1C(=O)c1ccc(Cl)cc1. The van der Waals surface area contributed by atoms with Crippen LogP contribution >= 0.6 is 11.6 Å². The molecule has 1 aromatic heterocycles. The molecule has 27 heavy (non-hydrogen) atoms. The van der Waals surface area contributed by atoms with E-state index in [4.69, 9.17) is 11.6 Å². The highest BCUT2D eigenvalue weighted by Crippen LogP contribution is 2.26. The number of carbonyl (C=O) groups is 1. The molecule has 0 fully saturated rings. The van der Waals surface area contributed by atoms with Crippen LogP contribution in [0.25, 0.3) is 10.9 Å². The first-order valence-corrected chi connectivity index (χ1v) is 11.1. The Morgan fingerprint density at radius 3 is 2.33 bits per heavy atom. The predicted molar refractivity (Wildman–Crippen MR) is 109 cm³/mol. The summed E-state index contributed by atoms with van der Waals surface area (Å²) in [7, 11) is -3.30. The highest BCUT2D eigenvalue weighted by atomic mass is 35.5. The molecule has 0 aliphatic heterocycles. The van der Waals surface area contributed by atoms with Gasteiger partial charge in [0, 0.05) is 21.7 Å². The number of aromatic nitrogens is 1. The second kappa shape index (κ2) is 7.87. The van der Waals surface area contributed by atoms with Gasteiger partial charge in [0.2, 0.25) is 0 Å². The summed E-state index contributed by atoms with van der Waals surface area (Å²) in [6, 6.07) is 13.7. The van der Waals surface area contributed by atoms with Crippen molar-refractivity contribution in [1.29, 1.82) is 0 Å². The van der Waals surface area contributed by atoms with Crippen molar-refractivity contribution in [1.82, 2.24) is 4.57 Å². The molecule has 0 unspecified atom stereocenters. The molecule has 0 N–H and O–H groups in total. The number of nitrogens with zero attached hydrogens (tertiary/aromatic N) is 1. The van der Waals surface area contributed by atoms with Gasteiger partial charge in [0.15, 0.2) is 9.84 Å². The number of halogens is 1. The zero-order valence-corrected chi connectivity index (χ0v) is 17.0. The molecule has 0 spiro atoms. The molecule has 4 nitrogen and oxygen atoms in total. The number of hydrogen-bond acceptors (Lipinski definition) is 3. The van der Waals surface area contributed by atoms with E-state index in [2.05, 4.69) is 0 Å². The number of aryl methyl sites for hydroxylation is 1. The smallest absolute Gasteiger partial charge is 0.262 e. The molecule has 0 saturated heterocycles. The van der Waals surface area contributed by atoms with Crippen LogP contribution in [0.15, 0.2) is 53.4 Å². The minimum absolute atomic E-state index is 0.116. The van der Waals surface area contributed by atoms with Crippen LogP contribution in [-0.4, -0.2) is 24.6 Å². The maximum atomic E-state index is 13.1. The van der Waals surface area contributed by atoms with Gasteiger partial charge in [0.1, 0.15) is 0 Å². The van der Waals surface area contributed by atoms with Crippen molar-refractivity contribution in [2.24, 2.45) is 0 Å². The number of sulfone groups is 1. The van der Waals surface area contributed by atoms with Crippen LogP contribution in [0.3, 0.4) is 0 Å². The van der Waals surface area contributed by atoms with Gasteiger partial charge < -0.3 is 0 Å².